The quantitative estimate of drug-likeness (QED) is 0.818. The van der Waals surface area contributed by atoms with Crippen LogP contribution in [-0.4, -0.2) is 19.7 Å². The molecule has 0 N–H and O–H groups in total. The van der Waals surface area contributed by atoms with E-state index in [4.69, 9.17) is 14.2 Å². The zero-order valence-corrected chi connectivity index (χ0v) is 11.3. The van der Waals surface area contributed by atoms with E-state index in [2.05, 4.69) is 0 Å². The van der Waals surface area contributed by atoms with Gasteiger partial charge < -0.3 is 14.2 Å². The lowest BCUT2D eigenvalue weighted by atomic mass is 9.88. The molecule has 1 heterocycles. The maximum atomic E-state index is 12.3. The number of fused-ring (bicyclic) bond motifs is 1. The van der Waals surface area contributed by atoms with E-state index in [1.807, 2.05) is 19.1 Å². The van der Waals surface area contributed by atoms with Crippen LogP contribution in [-0.2, 0) is 10.2 Å². The van der Waals surface area contributed by atoms with Crippen molar-refractivity contribution in [3.63, 3.8) is 0 Å². The minimum absolute atomic E-state index is 0.213. The van der Waals surface area contributed by atoms with Crippen molar-refractivity contribution in [2.75, 3.05) is 13.9 Å². The van der Waals surface area contributed by atoms with Crippen LogP contribution in [0, 0.1) is 0 Å². The van der Waals surface area contributed by atoms with Gasteiger partial charge in [-0.2, -0.15) is 0 Å². The number of Topliss-reactive ketones (excluding diaryl/α,β-unsaturated/α-hetero) is 1. The van der Waals surface area contributed by atoms with Crippen molar-refractivity contribution in [3.05, 3.63) is 17.7 Å². The molecule has 2 aliphatic rings. The monoisotopic (exact) mass is 262 g/mol. The van der Waals surface area contributed by atoms with Gasteiger partial charge >= 0.3 is 0 Å². The fourth-order valence-corrected chi connectivity index (χ4v) is 2.73. The third kappa shape index (κ3) is 1.86. The molecule has 0 bridgehead atoms. The molecule has 0 unspecified atom stereocenters. The molecule has 0 aromatic heterocycles. The summed E-state index contributed by atoms with van der Waals surface area (Å²) < 4.78 is 16.2. The van der Waals surface area contributed by atoms with Crippen LogP contribution in [0.5, 0.6) is 17.2 Å². The molecule has 1 aromatic carbocycles. The first-order chi connectivity index (χ1) is 9.21. The van der Waals surface area contributed by atoms with Crippen LogP contribution in [0.1, 0.15) is 38.2 Å². The molecule has 1 saturated carbocycles. The Kier molecular flexibility index (Phi) is 2.88. The molecule has 1 aliphatic heterocycles. The molecule has 1 fully saturated rings. The third-order valence-electron chi connectivity index (χ3n) is 3.97. The highest BCUT2D eigenvalue weighted by Gasteiger charge is 2.50. The number of carbonyl (C=O) groups excluding carboxylic acids is 1. The van der Waals surface area contributed by atoms with Gasteiger partial charge in [0.2, 0.25) is 12.5 Å². The topological polar surface area (TPSA) is 44.8 Å². The highest BCUT2D eigenvalue weighted by molar-refractivity contribution is 5.93. The van der Waals surface area contributed by atoms with Crippen molar-refractivity contribution in [1.82, 2.24) is 0 Å². The fraction of sp³-hybridized carbons (Fsp3) is 0.533. The molecule has 0 spiro atoms. The van der Waals surface area contributed by atoms with Gasteiger partial charge in [-0.25, -0.2) is 0 Å². The highest BCUT2D eigenvalue weighted by atomic mass is 16.7. The minimum atomic E-state index is -0.301. The Morgan fingerprint density at radius 2 is 2.16 bits per heavy atom. The molecule has 0 radical (unpaired) electrons. The van der Waals surface area contributed by atoms with Gasteiger partial charge in [-0.3, -0.25) is 4.79 Å². The molecule has 4 nitrogen and oxygen atoms in total. The fourth-order valence-electron chi connectivity index (χ4n) is 2.73. The molecule has 1 aromatic rings. The predicted molar refractivity (Wildman–Crippen MR) is 69.9 cm³/mol. The number of carbonyl (C=O) groups is 1. The molecule has 102 valence electrons. The molecule has 4 heteroatoms. The van der Waals surface area contributed by atoms with Crippen molar-refractivity contribution < 1.29 is 19.0 Å². The number of hydrogen-bond donors (Lipinski definition) is 0. The Bertz CT molecular complexity index is 517. The smallest absolute Gasteiger partial charge is 0.231 e. The predicted octanol–water partition coefficient (Wildman–Crippen LogP) is 2.82. The molecule has 3 rings (SSSR count). The summed E-state index contributed by atoms with van der Waals surface area (Å²) in [7, 11) is 1.61. The molecular formula is C15H18O4. The average Bonchev–Trinajstić information content (AvgIpc) is 3.10. The van der Waals surface area contributed by atoms with Crippen molar-refractivity contribution in [2.24, 2.45) is 0 Å². The number of benzene rings is 1. The van der Waals surface area contributed by atoms with Gasteiger partial charge in [-0.05, 0) is 37.0 Å². The van der Waals surface area contributed by atoms with Crippen LogP contribution < -0.4 is 14.2 Å². The second kappa shape index (κ2) is 4.44. The van der Waals surface area contributed by atoms with Crippen molar-refractivity contribution in [1.29, 1.82) is 0 Å². The summed E-state index contributed by atoms with van der Waals surface area (Å²) in [5, 5.41) is 0. The van der Waals surface area contributed by atoms with E-state index in [0.29, 0.717) is 29.5 Å². The summed E-state index contributed by atoms with van der Waals surface area (Å²) in [6.07, 6.45) is 3.38. The molecule has 0 saturated heterocycles. The lowest BCUT2D eigenvalue weighted by Gasteiger charge is -2.16. The van der Waals surface area contributed by atoms with Crippen molar-refractivity contribution >= 4 is 5.78 Å². The Morgan fingerprint density at radius 3 is 2.79 bits per heavy atom. The Labute approximate surface area is 112 Å². The second-order valence-corrected chi connectivity index (χ2v) is 5.17. The number of ketones is 1. The van der Waals surface area contributed by atoms with Crippen molar-refractivity contribution in [2.45, 2.75) is 38.0 Å². The zero-order valence-electron chi connectivity index (χ0n) is 11.3. The van der Waals surface area contributed by atoms with Gasteiger partial charge in [-0.1, -0.05) is 6.92 Å². The Balaban J connectivity index is 2.00. The van der Waals surface area contributed by atoms with Crippen LogP contribution in [0.15, 0.2) is 12.1 Å². The lowest BCUT2D eigenvalue weighted by molar-refractivity contribution is -0.121. The lowest BCUT2D eigenvalue weighted by Crippen LogP contribution is -2.20. The SMILES string of the molecule is CCCC(=O)C1(c2cc(OC)c3c(c2)OCO3)CC1. The zero-order chi connectivity index (χ0) is 13.5. The summed E-state index contributed by atoms with van der Waals surface area (Å²) >= 11 is 0. The summed E-state index contributed by atoms with van der Waals surface area (Å²) in [4.78, 5) is 12.3. The van der Waals surface area contributed by atoms with Crippen LogP contribution in [0.3, 0.4) is 0 Å². The first kappa shape index (κ1) is 12.3. The number of hydrogen-bond acceptors (Lipinski definition) is 4. The number of ether oxygens (including phenoxy) is 3. The first-order valence-electron chi connectivity index (χ1n) is 6.72. The molecule has 19 heavy (non-hydrogen) atoms. The van der Waals surface area contributed by atoms with E-state index in [0.717, 1.165) is 24.8 Å². The highest BCUT2D eigenvalue weighted by Crippen LogP contribution is 2.54. The molecule has 0 amide bonds. The summed E-state index contributed by atoms with van der Waals surface area (Å²) in [5.41, 5.74) is 0.705. The molecule has 0 atom stereocenters. The van der Waals surface area contributed by atoms with E-state index in [-0.39, 0.29) is 12.2 Å². The normalized spacial score (nSPS) is 18.2. The summed E-state index contributed by atoms with van der Waals surface area (Å²) in [5.74, 6) is 2.31. The van der Waals surface area contributed by atoms with Gasteiger partial charge in [0.1, 0.15) is 5.78 Å². The third-order valence-corrected chi connectivity index (χ3v) is 3.97. The average molecular weight is 262 g/mol. The molecule has 1 aliphatic carbocycles. The van der Waals surface area contributed by atoms with E-state index in [1.165, 1.54) is 0 Å². The Morgan fingerprint density at radius 1 is 1.37 bits per heavy atom. The van der Waals surface area contributed by atoms with Crippen LogP contribution in [0.4, 0.5) is 0 Å². The van der Waals surface area contributed by atoms with E-state index in [9.17, 15) is 4.79 Å². The van der Waals surface area contributed by atoms with Crippen LogP contribution in [0.25, 0.3) is 0 Å². The van der Waals surface area contributed by atoms with Crippen LogP contribution >= 0.6 is 0 Å². The van der Waals surface area contributed by atoms with Gasteiger partial charge in [0.05, 0.1) is 12.5 Å². The largest absolute Gasteiger partial charge is 0.493 e. The maximum Gasteiger partial charge on any atom is 0.231 e. The summed E-state index contributed by atoms with van der Waals surface area (Å²) in [6.45, 7) is 2.25. The Hall–Kier alpha value is -1.71. The van der Waals surface area contributed by atoms with Crippen molar-refractivity contribution in [3.8, 4) is 17.2 Å². The minimum Gasteiger partial charge on any atom is -0.493 e. The van der Waals surface area contributed by atoms with E-state index in [1.54, 1.807) is 7.11 Å². The number of rotatable bonds is 5. The molecular weight excluding hydrogens is 244 g/mol. The van der Waals surface area contributed by atoms with Gasteiger partial charge in [0.25, 0.3) is 0 Å². The second-order valence-electron chi connectivity index (χ2n) is 5.17. The van der Waals surface area contributed by atoms with E-state index >= 15 is 0 Å². The summed E-state index contributed by atoms with van der Waals surface area (Å²) in [6, 6.07) is 3.86. The number of methoxy groups -OCH3 is 1. The first-order valence-corrected chi connectivity index (χ1v) is 6.72. The van der Waals surface area contributed by atoms with Gasteiger partial charge in [0, 0.05) is 6.42 Å². The maximum absolute atomic E-state index is 12.3. The van der Waals surface area contributed by atoms with Gasteiger partial charge in [-0.15, -0.1) is 0 Å². The van der Waals surface area contributed by atoms with Gasteiger partial charge in [0.15, 0.2) is 11.5 Å². The standard InChI is InChI=1S/C15H18O4/c1-3-4-13(16)15(5-6-15)10-7-11(17-2)14-12(8-10)18-9-19-14/h7-8H,3-6,9H2,1-2H3. The van der Waals surface area contributed by atoms with E-state index < -0.39 is 0 Å². The van der Waals surface area contributed by atoms with Crippen LogP contribution in [0.2, 0.25) is 0 Å².